The first-order valence-corrected chi connectivity index (χ1v) is 9.75. The van der Waals surface area contributed by atoms with E-state index >= 15 is 0 Å². The van der Waals surface area contributed by atoms with Gasteiger partial charge in [0, 0.05) is 48.2 Å². The number of nitrogens with zero attached hydrogens (tertiary/aromatic N) is 2. The van der Waals surface area contributed by atoms with Gasteiger partial charge < -0.3 is 9.98 Å². The third-order valence-electron chi connectivity index (χ3n) is 5.20. The van der Waals surface area contributed by atoms with Crippen LogP contribution in [0.2, 0.25) is 0 Å². The van der Waals surface area contributed by atoms with Gasteiger partial charge in [-0.15, -0.1) is 6.58 Å². The zero-order valence-corrected chi connectivity index (χ0v) is 17.2. The van der Waals surface area contributed by atoms with E-state index in [0.29, 0.717) is 5.92 Å². The summed E-state index contributed by atoms with van der Waals surface area (Å²) in [5, 5.41) is 8.86. The predicted octanol–water partition coefficient (Wildman–Crippen LogP) is 5.67. The molecule has 0 fully saturated rings. The van der Waals surface area contributed by atoms with Crippen LogP contribution in [0.3, 0.4) is 0 Å². The monoisotopic (exact) mass is 353 g/mol. The van der Waals surface area contributed by atoms with Gasteiger partial charge in [-0.25, -0.2) is 0 Å². The maximum atomic E-state index is 7.44. The average molecular weight is 354 g/mol. The Bertz CT molecular complexity index is 749. The first kappa shape index (κ1) is 20.4. The average Bonchev–Trinajstić information content (AvgIpc) is 2.93. The highest BCUT2D eigenvalue weighted by molar-refractivity contribution is 5.85. The maximum absolute atomic E-state index is 7.44. The Balaban J connectivity index is 0.000000758. The second-order valence-electron chi connectivity index (χ2n) is 8.28. The number of allylic oxidation sites excluding steroid dienone is 1. The normalized spacial score (nSPS) is 15.7. The minimum Gasteiger partial charge on any atom is -0.344 e. The molecule has 0 aliphatic carbocycles. The standard InChI is InChI=1S/C20H29N3.C3H6/c1-15(13-21)9-12-23-18-8-6-5-7-16(18)17-14-22(20(2,3)4)11-10-19(17)23;1-3-2/h5-8,13,15,21H,9-12,14H2,1-4H3;3H,1H2,2H3. The Morgan fingerprint density at radius 3 is 2.54 bits per heavy atom. The Labute approximate surface area is 159 Å². The summed E-state index contributed by atoms with van der Waals surface area (Å²) < 4.78 is 2.52. The van der Waals surface area contributed by atoms with Crippen LogP contribution in [0.1, 0.15) is 52.3 Å². The molecule has 0 radical (unpaired) electrons. The van der Waals surface area contributed by atoms with Gasteiger partial charge in [0.25, 0.3) is 0 Å². The summed E-state index contributed by atoms with van der Waals surface area (Å²) in [5.41, 5.74) is 4.62. The van der Waals surface area contributed by atoms with Crippen molar-refractivity contribution >= 4 is 17.1 Å². The van der Waals surface area contributed by atoms with Crippen molar-refractivity contribution in [3.05, 3.63) is 48.2 Å². The first-order valence-electron chi connectivity index (χ1n) is 9.75. The lowest BCUT2D eigenvalue weighted by Crippen LogP contribution is -2.44. The molecule has 3 nitrogen and oxygen atoms in total. The number of hydrogen-bond acceptors (Lipinski definition) is 2. The molecule has 3 rings (SSSR count). The molecule has 1 unspecified atom stereocenters. The number of aromatic nitrogens is 1. The van der Waals surface area contributed by atoms with Crippen molar-refractivity contribution in [1.29, 1.82) is 5.41 Å². The number of benzene rings is 1. The van der Waals surface area contributed by atoms with Crippen molar-refractivity contribution in [2.45, 2.75) is 66.1 Å². The molecule has 1 aliphatic rings. The first-order chi connectivity index (χ1) is 12.3. The molecule has 0 saturated heterocycles. The van der Waals surface area contributed by atoms with Crippen LogP contribution in [0.25, 0.3) is 10.9 Å². The molecule has 1 aromatic carbocycles. The largest absolute Gasteiger partial charge is 0.344 e. The third-order valence-corrected chi connectivity index (χ3v) is 5.20. The second kappa shape index (κ2) is 8.68. The molecule has 1 N–H and O–H groups in total. The fraction of sp³-hybridized carbons (Fsp3) is 0.522. The summed E-state index contributed by atoms with van der Waals surface area (Å²) in [6, 6.07) is 8.83. The lowest BCUT2D eigenvalue weighted by Gasteiger charge is -2.38. The van der Waals surface area contributed by atoms with Crippen molar-refractivity contribution in [2.75, 3.05) is 6.54 Å². The van der Waals surface area contributed by atoms with E-state index < -0.39 is 0 Å². The number of hydrogen-bond donors (Lipinski definition) is 1. The highest BCUT2D eigenvalue weighted by Crippen LogP contribution is 2.33. The zero-order valence-electron chi connectivity index (χ0n) is 17.2. The topological polar surface area (TPSA) is 32.0 Å². The van der Waals surface area contributed by atoms with Crippen LogP contribution in [-0.4, -0.2) is 27.8 Å². The van der Waals surface area contributed by atoms with Crippen LogP contribution < -0.4 is 0 Å². The Morgan fingerprint density at radius 2 is 1.92 bits per heavy atom. The summed E-state index contributed by atoms with van der Waals surface area (Å²) in [5.74, 6) is 0.349. The van der Waals surface area contributed by atoms with Crippen LogP contribution in [0.4, 0.5) is 0 Å². The molecule has 26 heavy (non-hydrogen) atoms. The minimum absolute atomic E-state index is 0.218. The van der Waals surface area contributed by atoms with E-state index in [1.165, 1.54) is 22.2 Å². The van der Waals surface area contributed by atoms with Gasteiger partial charge in [0.15, 0.2) is 0 Å². The number of fused-ring (bicyclic) bond motifs is 3. The third kappa shape index (κ3) is 4.45. The molecular weight excluding hydrogens is 318 g/mol. The number of rotatable bonds is 4. The van der Waals surface area contributed by atoms with E-state index in [2.05, 4.69) is 68.0 Å². The predicted molar refractivity (Wildman–Crippen MR) is 114 cm³/mol. The van der Waals surface area contributed by atoms with Crippen molar-refractivity contribution in [1.82, 2.24) is 9.47 Å². The van der Waals surface area contributed by atoms with Gasteiger partial charge in [0.2, 0.25) is 0 Å². The number of nitrogens with one attached hydrogen (secondary N) is 1. The molecule has 1 aromatic heterocycles. The summed E-state index contributed by atoms with van der Waals surface area (Å²) in [6.45, 7) is 17.5. The quantitative estimate of drug-likeness (QED) is 0.558. The van der Waals surface area contributed by atoms with Crippen molar-refractivity contribution in [3.63, 3.8) is 0 Å². The van der Waals surface area contributed by atoms with Gasteiger partial charge in [-0.1, -0.05) is 31.2 Å². The number of para-hydroxylation sites is 1. The molecule has 1 atom stereocenters. The molecule has 2 heterocycles. The van der Waals surface area contributed by atoms with Crippen LogP contribution in [0, 0.1) is 11.3 Å². The lowest BCUT2D eigenvalue weighted by molar-refractivity contribution is 0.120. The van der Waals surface area contributed by atoms with Gasteiger partial charge in [-0.05, 0) is 57.9 Å². The van der Waals surface area contributed by atoms with E-state index in [9.17, 15) is 0 Å². The van der Waals surface area contributed by atoms with E-state index in [-0.39, 0.29) is 5.54 Å². The van der Waals surface area contributed by atoms with Gasteiger partial charge in [0.1, 0.15) is 0 Å². The summed E-state index contributed by atoms with van der Waals surface area (Å²) >= 11 is 0. The Hall–Kier alpha value is -1.87. The minimum atomic E-state index is 0.218. The fourth-order valence-electron chi connectivity index (χ4n) is 3.65. The maximum Gasteiger partial charge on any atom is 0.0485 e. The molecule has 3 heteroatoms. The van der Waals surface area contributed by atoms with Crippen LogP contribution >= 0.6 is 0 Å². The molecular formula is C23H35N3. The summed E-state index contributed by atoms with van der Waals surface area (Å²) in [4.78, 5) is 2.59. The number of aryl methyl sites for hydroxylation is 1. The van der Waals surface area contributed by atoms with Crippen LogP contribution in [0.5, 0.6) is 0 Å². The Kier molecular flexibility index (Phi) is 6.82. The molecule has 0 bridgehead atoms. The van der Waals surface area contributed by atoms with Crippen LogP contribution in [-0.2, 0) is 19.5 Å². The smallest absolute Gasteiger partial charge is 0.0485 e. The van der Waals surface area contributed by atoms with Crippen molar-refractivity contribution in [2.24, 2.45) is 5.92 Å². The molecule has 1 aliphatic heterocycles. The van der Waals surface area contributed by atoms with Gasteiger partial charge >= 0.3 is 0 Å². The van der Waals surface area contributed by atoms with E-state index in [1.54, 1.807) is 12.3 Å². The second-order valence-corrected chi connectivity index (χ2v) is 8.28. The fourth-order valence-corrected chi connectivity index (χ4v) is 3.65. The van der Waals surface area contributed by atoms with Gasteiger partial charge in [-0.3, -0.25) is 4.90 Å². The Morgan fingerprint density at radius 1 is 1.27 bits per heavy atom. The SMILES string of the molecule is C=CC.CC(C=N)CCn1c2c(c3ccccc31)CN(C(C)(C)C)CC2. The van der Waals surface area contributed by atoms with E-state index in [0.717, 1.165) is 32.5 Å². The lowest BCUT2D eigenvalue weighted by atomic mass is 9.98. The molecule has 0 saturated carbocycles. The van der Waals surface area contributed by atoms with Gasteiger partial charge in [0.05, 0.1) is 0 Å². The highest BCUT2D eigenvalue weighted by Gasteiger charge is 2.29. The highest BCUT2D eigenvalue weighted by atomic mass is 15.2. The summed E-state index contributed by atoms with van der Waals surface area (Å²) in [6.07, 6.45) is 5.48. The molecule has 2 aromatic rings. The van der Waals surface area contributed by atoms with E-state index in [4.69, 9.17) is 5.41 Å². The molecule has 0 spiro atoms. The molecule has 142 valence electrons. The zero-order chi connectivity index (χ0) is 19.3. The van der Waals surface area contributed by atoms with E-state index in [1.807, 2.05) is 6.92 Å². The van der Waals surface area contributed by atoms with Gasteiger partial charge in [-0.2, -0.15) is 0 Å². The summed E-state index contributed by atoms with van der Waals surface area (Å²) in [7, 11) is 0. The van der Waals surface area contributed by atoms with Crippen LogP contribution in [0.15, 0.2) is 36.9 Å². The van der Waals surface area contributed by atoms with Crippen molar-refractivity contribution < 1.29 is 0 Å². The van der Waals surface area contributed by atoms with Crippen molar-refractivity contribution in [3.8, 4) is 0 Å². The molecule has 0 amide bonds.